The van der Waals surface area contributed by atoms with Crippen molar-refractivity contribution in [3.05, 3.63) is 57.3 Å². The molecule has 0 aliphatic rings. The Kier molecular flexibility index (Phi) is 5.13. The van der Waals surface area contributed by atoms with Gasteiger partial charge in [-0.15, -0.1) is 11.3 Å². The maximum absolute atomic E-state index is 12.8. The zero-order valence-electron chi connectivity index (χ0n) is 14.3. The topological polar surface area (TPSA) is 90.3 Å². The Morgan fingerprint density at radius 3 is 2.62 bits per heavy atom. The molecular formula is C18H17N3O4S. The molecule has 0 atom stereocenters. The minimum atomic E-state index is -0.500. The van der Waals surface area contributed by atoms with Crippen molar-refractivity contribution in [1.82, 2.24) is 9.78 Å². The average Bonchev–Trinajstić information content (AvgIpc) is 3.10. The van der Waals surface area contributed by atoms with Gasteiger partial charge in [-0.25, -0.2) is 9.48 Å². The number of carbonyl (C=O) groups excluding carboxylic acids is 2. The summed E-state index contributed by atoms with van der Waals surface area (Å²) in [6, 6.07) is 8.42. The number of thiophene rings is 1. The normalized spacial score (nSPS) is 10.7. The molecule has 0 radical (unpaired) electrons. The van der Waals surface area contributed by atoms with E-state index >= 15 is 0 Å². The zero-order chi connectivity index (χ0) is 18.7. The van der Waals surface area contributed by atoms with Crippen molar-refractivity contribution in [2.24, 2.45) is 0 Å². The van der Waals surface area contributed by atoms with Crippen LogP contribution >= 0.6 is 11.3 Å². The molecule has 7 nitrogen and oxygen atoms in total. The van der Waals surface area contributed by atoms with Crippen LogP contribution in [0.3, 0.4) is 0 Å². The van der Waals surface area contributed by atoms with Crippen molar-refractivity contribution >= 4 is 39.0 Å². The van der Waals surface area contributed by atoms with Crippen molar-refractivity contribution in [2.75, 3.05) is 11.9 Å². The van der Waals surface area contributed by atoms with Gasteiger partial charge in [0.1, 0.15) is 5.00 Å². The zero-order valence-corrected chi connectivity index (χ0v) is 15.1. The van der Waals surface area contributed by atoms with E-state index in [2.05, 4.69) is 10.4 Å². The summed E-state index contributed by atoms with van der Waals surface area (Å²) in [6.07, 6.45) is 0. The Morgan fingerprint density at radius 1 is 1.19 bits per heavy atom. The standard InChI is InChI=1S/C18H17N3O4S/c1-3-21-17(23)12-8-6-5-7-11(12)14(20-21)15(22)19-16-13(9-10-26-16)18(24)25-4-2/h5-10H,3-4H2,1-2H3,(H,19,22). The second-order valence-electron chi connectivity index (χ2n) is 5.35. The number of esters is 1. The van der Waals surface area contributed by atoms with Gasteiger partial charge in [-0.05, 0) is 31.4 Å². The number of hydrogen-bond acceptors (Lipinski definition) is 6. The molecule has 2 heterocycles. The lowest BCUT2D eigenvalue weighted by molar-refractivity contribution is 0.0528. The highest BCUT2D eigenvalue weighted by molar-refractivity contribution is 7.14. The number of fused-ring (bicyclic) bond motifs is 1. The van der Waals surface area contributed by atoms with Crippen LogP contribution in [0.4, 0.5) is 5.00 Å². The summed E-state index contributed by atoms with van der Waals surface area (Å²) < 4.78 is 6.24. The molecule has 0 saturated heterocycles. The van der Waals surface area contributed by atoms with Crippen LogP contribution in [0.25, 0.3) is 10.8 Å². The van der Waals surface area contributed by atoms with Gasteiger partial charge in [0.15, 0.2) is 5.69 Å². The lowest BCUT2D eigenvalue weighted by Crippen LogP contribution is -2.27. The molecule has 2 aromatic heterocycles. The number of hydrogen-bond donors (Lipinski definition) is 1. The third kappa shape index (κ3) is 3.23. The highest BCUT2D eigenvalue weighted by Gasteiger charge is 2.20. The Bertz CT molecular complexity index is 1040. The minimum Gasteiger partial charge on any atom is -0.462 e. The van der Waals surface area contributed by atoms with E-state index in [1.54, 1.807) is 49.6 Å². The average molecular weight is 371 g/mol. The van der Waals surface area contributed by atoms with E-state index in [-0.39, 0.29) is 17.9 Å². The number of amides is 1. The summed E-state index contributed by atoms with van der Waals surface area (Å²) in [5.41, 5.74) is 0.173. The maximum atomic E-state index is 12.8. The first-order valence-corrected chi connectivity index (χ1v) is 9.00. The van der Waals surface area contributed by atoms with Gasteiger partial charge in [-0.3, -0.25) is 9.59 Å². The molecule has 3 rings (SSSR count). The van der Waals surface area contributed by atoms with E-state index in [4.69, 9.17) is 4.74 Å². The van der Waals surface area contributed by atoms with Crippen LogP contribution in [0, 0.1) is 0 Å². The number of nitrogens with one attached hydrogen (secondary N) is 1. The number of aryl methyl sites for hydroxylation is 1. The van der Waals surface area contributed by atoms with Gasteiger partial charge >= 0.3 is 5.97 Å². The first-order chi connectivity index (χ1) is 12.6. The smallest absolute Gasteiger partial charge is 0.341 e. The number of ether oxygens (including phenoxy) is 1. The van der Waals surface area contributed by atoms with Gasteiger partial charge in [0.25, 0.3) is 11.5 Å². The molecule has 1 aromatic carbocycles. The van der Waals surface area contributed by atoms with E-state index < -0.39 is 11.9 Å². The highest BCUT2D eigenvalue weighted by atomic mass is 32.1. The molecule has 0 unspecified atom stereocenters. The van der Waals surface area contributed by atoms with E-state index in [1.165, 1.54) is 16.0 Å². The quantitative estimate of drug-likeness (QED) is 0.697. The van der Waals surface area contributed by atoms with Crippen LogP contribution in [0.1, 0.15) is 34.7 Å². The van der Waals surface area contributed by atoms with Gasteiger partial charge in [0, 0.05) is 11.9 Å². The number of carbonyl (C=O) groups is 2. The van der Waals surface area contributed by atoms with Crippen LogP contribution in [-0.4, -0.2) is 28.3 Å². The van der Waals surface area contributed by atoms with Crippen molar-refractivity contribution in [2.45, 2.75) is 20.4 Å². The second kappa shape index (κ2) is 7.49. The van der Waals surface area contributed by atoms with Gasteiger partial charge in [-0.2, -0.15) is 5.10 Å². The lowest BCUT2D eigenvalue weighted by Gasteiger charge is -2.10. The molecule has 0 aliphatic heterocycles. The number of nitrogens with zero attached hydrogens (tertiary/aromatic N) is 2. The summed E-state index contributed by atoms with van der Waals surface area (Å²) in [5.74, 6) is -0.989. The van der Waals surface area contributed by atoms with Gasteiger partial charge in [-0.1, -0.05) is 18.2 Å². The lowest BCUT2D eigenvalue weighted by atomic mass is 10.1. The van der Waals surface area contributed by atoms with Crippen LogP contribution < -0.4 is 10.9 Å². The Labute approximate surface area is 153 Å². The van der Waals surface area contributed by atoms with E-state index in [9.17, 15) is 14.4 Å². The molecule has 3 aromatic rings. The molecule has 0 aliphatic carbocycles. The van der Waals surface area contributed by atoms with Crippen molar-refractivity contribution in [3.8, 4) is 0 Å². The highest BCUT2D eigenvalue weighted by Crippen LogP contribution is 2.25. The van der Waals surface area contributed by atoms with Crippen molar-refractivity contribution in [1.29, 1.82) is 0 Å². The summed E-state index contributed by atoms with van der Waals surface area (Å²) in [4.78, 5) is 37.2. The molecule has 134 valence electrons. The molecule has 0 bridgehead atoms. The summed E-state index contributed by atoms with van der Waals surface area (Å²) >= 11 is 1.22. The summed E-state index contributed by atoms with van der Waals surface area (Å²) in [7, 11) is 0. The largest absolute Gasteiger partial charge is 0.462 e. The van der Waals surface area contributed by atoms with E-state index in [0.29, 0.717) is 27.9 Å². The van der Waals surface area contributed by atoms with Crippen molar-refractivity contribution in [3.63, 3.8) is 0 Å². The molecule has 0 saturated carbocycles. The molecule has 1 amide bonds. The molecule has 0 spiro atoms. The third-order valence-corrected chi connectivity index (χ3v) is 4.60. The SMILES string of the molecule is CCOC(=O)c1ccsc1NC(=O)c1nn(CC)c(=O)c2ccccc12. The first kappa shape index (κ1) is 17.8. The minimum absolute atomic E-state index is 0.130. The summed E-state index contributed by atoms with van der Waals surface area (Å²) in [5, 5.41) is 9.87. The Hall–Kier alpha value is -3.00. The fourth-order valence-electron chi connectivity index (χ4n) is 2.56. The first-order valence-electron chi connectivity index (χ1n) is 8.12. The van der Waals surface area contributed by atoms with Crippen LogP contribution in [-0.2, 0) is 11.3 Å². The molecule has 0 fully saturated rings. The predicted molar refractivity (Wildman–Crippen MR) is 99.9 cm³/mol. The third-order valence-electron chi connectivity index (χ3n) is 3.77. The van der Waals surface area contributed by atoms with Gasteiger partial charge in [0.05, 0.1) is 17.6 Å². The molecule has 1 N–H and O–H groups in total. The van der Waals surface area contributed by atoms with Gasteiger partial charge in [0.2, 0.25) is 0 Å². The fraction of sp³-hybridized carbons (Fsp3) is 0.222. The van der Waals surface area contributed by atoms with Crippen LogP contribution in [0.2, 0.25) is 0 Å². The number of anilines is 1. The Balaban J connectivity index is 2.02. The van der Waals surface area contributed by atoms with Crippen LogP contribution in [0.5, 0.6) is 0 Å². The maximum Gasteiger partial charge on any atom is 0.341 e. The monoisotopic (exact) mass is 371 g/mol. The van der Waals surface area contributed by atoms with Crippen LogP contribution in [0.15, 0.2) is 40.5 Å². The second-order valence-corrected chi connectivity index (χ2v) is 6.27. The molecule has 26 heavy (non-hydrogen) atoms. The predicted octanol–water partition coefficient (Wildman–Crippen LogP) is 2.91. The number of rotatable bonds is 5. The van der Waals surface area contributed by atoms with E-state index in [0.717, 1.165) is 0 Å². The van der Waals surface area contributed by atoms with Crippen molar-refractivity contribution < 1.29 is 14.3 Å². The van der Waals surface area contributed by atoms with E-state index in [1.807, 2.05) is 0 Å². The molecular weight excluding hydrogens is 354 g/mol. The summed E-state index contributed by atoms with van der Waals surface area (Å²) in [6.45, 7) is 4.09. The number of aromatic nitrogens is 2. The molecule has 8 heteroatoms. The number of benzene rings is 1. The Morgan fingerprint density at radius 2 is 1.92 bits per heavy atom. The van der Waals surface area contributed by atoms with Gasteiger partial charge < -0.3 is 10.1 Å². The fourth-order valence-corrected chi connectivity index (χ4v) is 3.33.